The highest BCUT2D eigenvalue weighted by Gasteiger charge is 2.09. The zero-order chi connectivity index (χ0) is 14.1. The Bertz CT molecular complexity index is 417. The van der Waals surface area contributed by atoms with E-state index in [4.69, 9.17) is 22.7 Å². The SMILES string of the molecule is CCOC(=O)NC(=S)OC[C@@H](N)Cc1ccccc1.Cl. The van der Waals surface area contributed by atoms with Gasteiger partial charge in [0.2, 0.25) is 0 Å². The molecule has 0 aliphatic carbocycles. The number of halogens is 1. The molecule has 0 radical (unpaired) electrons. The van der Waals surface area contributed by atoms with Crippen molar-refractivity contribution in [3.05, 3.63) is 35.9 Å². The molecule has 1 aromatic carbocycles. The third-order valence-electron chi connectivity index (χ3n) is 2.25. The van der Waals surface area contributed by atoms with E-state index in [1.807, 2.05) is 30.3 Å². The normalized spacial score (nSPS) is 10.9. The number of hydrogen-bond donors (Lipinski definition) is 2. The molecule has 1 rings (SSSR count). The second-order valence-electron chi connectivity index (χ2n) is 3.89. The molecule has 0 bridgehead atoms. The molecule has 5 nitrogen and oxygen atoms in total. The van der Waals surface area contributed by atoms with E-state index < -0.39 is 6.09 Å². The Morgan fingerprint density at radius 3 is 2.60 bits per heavy atom. The number of thiocarbonyl (C=S) groups is 1. The molecule has 0 spiro atoms. The maximum atomic E-state index is 11.1. The van der Waals surface area contributed by atoms with Crippen LogP contribution < -0.4 is 11.1 Å². The first-order valence-electron chi connectivity index (χ1n) is 6.02. The summed E-state index contributed by atoms with van der Waals surface area (Å²) in [6.07, 6.45) is 0.0622. The fourth-order valence-corrected chi connectivity index (χ4v) is 1.60. The van der Waals surface area contributed by atoms with Crippen LogP contribution in [0.3, 0.4) is 0 Å². The Morgan fingerprint density at radius 2 is 2.00 bits per heavy atom. The van der Waals surface area contributed by atoms with Crippen molar-refractivity contribution in [2.45, 2.75) is 19.4 Å². The van der Waals surface area contributed by atoms with Crippen molar-refractivity contribution >= 4 is 35.9 Å². The van der Waals surface area contributed by atoms with Gasteiger partial charge in [-0.2, -0.15) is 0 Å². The van der Waals surface area contributed by atoms with Crippen LogP contribution >= 0.6 is 24.6 Å². The Balaban J connectivity index is 0.00000361. The summed E-state index contributed by atoms with van der Waals surface area (Å²) in [5.74, 6) is 0. The average Bonchev–Trinajstić information content (AvgIpc) is 2.38. The molecule has 0 aromatic heterocycles. The van der Waals surface area contributed by atoms with Crippen LogP contribution in [0.5, 0.6) is 0 Å². The Kier molecular flexibility index (Phi) is 9.71. The first-order chi connectivity index (χ1) is 9.11. The number of alkyl carbamates (subject to hydrolysis) is 1. The van der Waals surface area contributed by atoms with Crippen molar-refractivity contribution in [1.82, 2.24) is 5.32 Å². The minimum Gasteiger partial charge on any atom is -0.469 e. The molecular weight excluding hydrogens is 300 g/mol. The van der Waals surface area contributed by atoms with Gasteiger partial charge in [-0.1, -0.05) is 30.3 Å². The van der Waals surface area contributed by atoms with Crippen LogP contribution in [0.15, 0.2) is 30.3 Å². The van der Waals surface area contributed by atoms with Crippen LogP contribution in [0.1, 0.15) is 12.5 Å². The van der Waals surface area contributed by atoms with Crippen LogP contribution in [0.2, 0.25) is 0 Å². The van der Waals surface area contributed by atoms with E-state index in [0.29, 0.717) is 6.42 Å². The molecular formula is C13H19ClN2O3S. The predicted molar refractivity (Wildman–Crippen MR) is 84.1 cm³/mol. The van der Waals surface area contributed by atoms with E-state index in [1.165, 1.54) is 0 Å². The molecule has 3 N–H and O–H groups in total. The van der Waals surface area contributed by atoms with Gasteiger partial charge in [-0.3, -0.25) is 5.32 Å². The number of carbonyl (C=O) groups excluding carboxylic acids is 1. The third-order valence-corrected chi connectivity index (χ3v) is 2.47. The van der Waals surface area contributed by atoms with Crippen LogP contribution in [0, 0.1) is 0 Å². The molecule has 1 amide bonds. The Morgan fingerprint density at radius 1 is 1.35 bits per heavy atom. The van der Waals surface area contributed by atoms with E-state index in [1.54, 1.807) is 6.92 Å². The lowest BCUT2D eigenvalue weighted by molar-refractivity contribution is 0.154. The van der Waals surface area contributed by atoms with Gasteiger partial charge in [0.05, 0.1) is 6.61 Å². The summed E-state index contributed by atoms with van der Waals surface area (Å²) in [6.45, 7) is 2.22. The van der Waals surface area contributed by atoms with E-state index in [-0.39, 0.29) is 36.8 Å². The summed E-state index contributed by atoms with van der Waals surface area (Å²) in [7, 11) is 0. The number of hydrogen-bond acceptors (Lipinski definition) is 5. The van der Waals surface area contributed by atoms with Gasteiger partial charge < -0.3 is 15.2 Å². The zero-order valence-electron chi connectivity index (χ0n) is 11.2. The number of nitrogens with two attached hydrogens (primary N) is 1. The van der Waals surface area contributed by atoms with Gasteiger partial charge in [-0.05, 0) is 31.1 Å². The summed E-state index contributed by atoms with van der Waals surface area (Å²) < 4.78 is 9.85. The lowest BCUT2D eigenvalue weighted by Crippen LogP contribution is -2.36. The fourth-order valence-electron chi connectivity index (χ4n) is 1.45. The summed E-state index contributed by atoms with van der Waals surface area (Å²) >= 11 is 4.84. The number of rotatable bonds is 5. The number of benzene rings is 1. The summed E-state index contributed by atoms with van der Waals surface area (Å²) in [4.78, 5) is 11.1. The summed E-state index contributed by atoms with van der Waals surface area (Å²) in [5.41, 5.74) is 7.04. The van der Waals surface area contributed by atoms with Crippen molar-refractivity contribution in [2.24, 2.45) is 5.73 Å². The van der Waals surface area contributed by atoms with Gasteiger partial charge in [-0.15, -0.1) is 12.4 Å². The second-order valence-corrected chi connectivity index (χ2v) is 4.26. The number of ether oxygens (including phenoxy) is 2. The molecule has 112 valence electrons. The molecule has 1 atom stereocenters. The first kappa shape index (κ1) is 18.6. The minimum atomic E-state index is -0.621. The highest BCUT2D eigenvalue weighted by atomic mass is 35.5. The zero-order valence-corrected chi connectivity index (χ0v) is 12.8. The molecule has 0 aliphatic rings. The third kappa shape index (κ3) is 7.93. The van der Waals surface area contributed by atoms with Crippen molar-refractivity contribution in [1.29, 1.82) is 0 Å². The van der Waals surface area contributed by atoms with Gasteiger partial charge in [0.1, 0.15) is 6.61 Å². The number of carbonyl (C=O) groups is 1. The maximum Gasteiger partial charge on any atom is 0.414 e. The van der Waals surface area contributed by atoms with Crippen LogP contribution in [-0.4, -0.2) is 30.5 Å². The molecule has 0 unspecified atom stereocenters. The maximum absolute atomic E-state index is 11.1. The molecule has 20 heavy (non-hydrogen) atoms. The topological polar surface area (TPSA) is 73.6 Å². The van der Waals surface area contributed by atoms with Gasteiger partial charge in [0.25, 0.3) is 5.17 Å². The number of amides is 1. The largest absolute Gasteiger partial charge is 0.469 e. The molecule has 7 heteroatoms. The molecule has 0 saturated carbocycles. The highest BCUT2D eigenvalue weighted by Crippen LogP contribution is 2.02. The van der Waals surface area contributed by atoms with E-state index >= 15 is 0 Å². The van der Waals surface area contributed by atoms with Gasteiger partial charge in [0, 0.05) is 6.04 Å². The highest BCUT2D eigenvalue weighted by molar-refractivity contribution is 7.80. The average molecular weight is 319 g/mol. The molecule has 1 aromatic rings. The molecule has 0 fully saturated rings. The summed E-state index contributed by atoms with van der Waals surface area (Å²) in [5, 5.41) is 2.27. The minimum absolute atomic E-state index is 0. The summed E-state index contributed by atoms with van der Waals surface area (Å²) in [6, 6.07) is 9.66. The van der Waals surface area contributed by atoms with Crippen molar-refractivity contribution in [2.75, 3.05) is 13.2 Å². The van der Waals surface area contributed by atoms with Crippen LogP contribution in [0.25, 0.3) is 0 Å². The lowest BCUT2D eigenvalue weighted by atomic mass is 10.1. The lowest BCUT2D eigenvalue weighted by Gasteiger charge is -2.14. The number of nitrogens with one attached hydrogen (secondary N) is 1. The van der Waals surface area contributed by atoms with Crippen LogP contribution in [-0.2, 0) is 15.9 Å². The Hall–Kier alpha value is -1.37. The molecule has 0 heterocycles. The standard InChI is InChI=1S/C13H18N2O3S.ClH/c1-2-17-12(16)15-13(19)18-9-11(14)8-10-6-4-3-5-7-10;/h3-7,11H,2,8-9,14H2,1H3,(H,15,16,19);1H/t11-;/m0./s1. The van der Waals surface area contributed by atoms with Gasteiger partial charge >= 0.3 is 6.09 Å². The first-order valence-corrected chi connectivity index (χ1v) is 6.42. The second kappa shape index (κ2) is 10.4. The van der Waals surface area contributed by atoms with E-state index in [0.717, 1.165) is 5.56 Å². The van der Waals surface area contributed by atoms with Crippen LogP contribution in [0.4, 0.5) is 4.79 Å². The monoisotopic (exact) mass is 318 g/mol. The van der Waals surface area contributed by atoms with E-state index in [2.05, 4.69) is 10.1 Å². The van der Waals surface area contributed by atoms with Crippen molar-refractivity contribution in [3.8, 4) is 0 Å². The molecule has 0 saturated heterocycles. The molecule has 0 aliphatic heterocycles. The smallest absolute Gasteiger partial charge is 0.414 e. The Labute approximate surface area is 130 Å². The quantitative estimate of drug-likeness (QED) is 0.813. The van der Waals surface area contributed by atoms with Gasteiger partial charge in [0.15, 0.2) is 0 Å². The van der Waals surface area contributed by atoms with Gasteiger partial charge in [-0.25, -0.2) is 4.79 Å². The van der Waals surface area contributed by atoms with Crippen molar-refractivity contribution in [3.63, 3.8) is 0 Å². The predicted octanol–water partition coefficient (Wildman–Crippen LogP) is 2.03. The van der Waals surface area contributed by atoms with Crippen molar-refractivity contribution < 1.29 is 14.3 Å². The van der Waals surface area contributed by atoms with E-state index in [9.17, 15) is 4.79 Å². The fraction of sp³-hybridized carbons (Fsp3) is 0.385.